The van der Waals surface area contributed by atoms with Crippen LogP contribution in [-0.4, -0.2) is 29.8 Å². The van der Waals surface area contributed by atoms with Gasteiger partial charge in [0.25, 0.3) is 0 Å². The number of nitrogens with zero attached hydrogens (tertiary/aromatic N) is 1. The summed E-state index contributed by atoms with van der Waals surface area (Å²) >= 11 is 0. The van der Waals surface area contributed by atoms with E-state index in [1.165, 1.54) is 11.0 Å². The maximum absolute atomic E-state index is 13.8. The van der Waals surface area contributed by atoms with Gasteiger partial charge in [0.15, 0.2) is 0 Å². The quantitative estimate of drug-likeness (QED) is 0.943. The third-order valence-electron chi connectivity index (χ3n) is 3.95. The number of halogens is 1. The van der Waals surface area contributed by atoms with Crippen LogP contribution in [0.1, 0.15) is 17.2 Å². The fourth-order valence-corrected chi connectivity index (χ4v) is 2.81. The number of hydrogen-bond donors (Lipinski definition) is 1. The summed E-state index contributed by atoms with van der Waals surface area (Å²) in [6.45, 7) is 0.823. The van der Waals surface area contributed by atoms with Crippen LogP contribution in [0.25, 0.3) is 0 Å². The molecule has 0 aliphatic carbocycles. The number of carbonyl (C=O) groups is 2. The summed E-state index contributed by atoms with van der Waals surface area (Å²) < 4.78 is 13.8. The molecule has 0 spiro atoms. The summed E-state index contributed by atoms with van der Waals surface area (Å²) in [4.78, 5) is 26.4. The molecule has 2 amide bonds. The van der Waals surface area contributed by atoms with Crippen molar-refractivity contribution in [1.82, 2.24) is 10.2 Å². The van der Waals surface area contributed by atoms with Gasteiger partial charge in [-0.05, 0) is 17.2 Å². The van der Waals surface area contributed by atoms with Gasteiger partial charge in [-0.15, -0.1) is 0 Å². The predicted molar refractivity (Wildman–Crippen MR) is 84.0 cm³/mol. The Kier molecular flexibility index (Phi) is 4.37. The second-order valence-corrected chi connectivity index (χ2v) is 5.46. The molecule has 3 rings (SSSR count). The fraction of sp³-hybridized carbons (Fsp3) is 0.222. The van der Waals surface area contributed by atoms with E-state index in [2.05, 4.69) is 5.32 Å². The molecule has 1 fully saturated rings. The van der Waals surface area contributed by atoms with Gasteiger partial charge in [-0.25, -0.2) is 4.39 Å². The Morgan fingerprint density at radius 1 is 1.13 bits per heavy atom. The number of piperazine rings is 1. The van der Waals surface area contributed by atoms with Crippen molar-refractivity contribution in [2.24, 2.45) is 0 Å². The number of nitrogens with one attached hydrogen (secondary N) is 1. The molecule has 2 aromatic carbocycles. The van der Waals surface area contributed by atoms with Crippen molar-refractivity contribution in [2.45, 2.75) is 12.5 Å². The Hall–Kier alpha value is -2.69. The van der Waals surface area contributed by atoms with E-state index in [-0.39, 0.29) is 18.2 Å². The molecule has 1 atom stereocenters. The van der Waals surface area contributed by atoms with Crippen LogP contribution in [0.5, 0.6) is 0 Å². The zero-order valence-electron chi connectivity index (χ0n) is 12.5. The average molecular weight is 312 g/mol. The highest BCUT2D eigenvalue weighted by Crippen LogP contribution is 2.24. The molecule has 0 bridgehead atoms. The van der Waals surface area contributed by atoms with E-state index in [0.717, 1.165) is 5.56 Å². The molecular formula is C18H17FN2O2. The Morgan fingerprint density at radius 2 is 1.83 bits per heavy atom. The van der Waals surface area contributed by atoms with Crippen molar-refractivity contribution in [3.8, 4) is 0 Å². The largest absolute Gasteiger partial charge is 0.352 e. The minimum atomic E-state index is -0.663. The lowest BCUT2D eigenvalue weighted by atomic mass is 10.0. The number of carbonyl (C=O) groups excluding carboxylic acids is 2. The SMILES string of the molecule is O=C1NCCN(C(=O)Cc2ccccc2F)C1c1ccccc1. The summed E-state index contributed by atoms with van der Waals surface area (Å²) in [6.07, 6.45) is -0.0523. The summed E-state index contributed by atoms with van der Waals surface area (Å²) in [6, 6.07) is 14.7. The monoisotopic (exact) mass is 312 g/mol. The van der Waals surface area contributed by atoms with Gasteiger partial charge in [0.1, 0.15) is 11.9 Å². The maximum atomic E-state index is 13.8. The van der Waals surface area contributed by atoms with E-state index in [0.29, 0.717) is 18.7 Å². The lowest BCUT2D eigenvalue weighted by Crippen LogP contribution is -2.52. The van der Waals surface area contributed by atoms with E-state index in [9.17, 15) is 14.0 Å². The van der Waals surface area contributed by atoms with E-state index < -0.39 is 11.9 Å². The molecular weight excluding hydrogens is 295 g/mol. The first-order chi connectivity index (χ1) is 11.2. The molecule has 1 aliphatic heterocycles. The van der Waals surface area contributed by atoms with Gasteiger partial charge in [0.2, 0.25) is 11.8 Å². The van der Waals surface area contributed by atoms with Crippen molar-refractivity contribution in [3.63, 3.8) is 0 Å². The highest BCUT2D eigenvalue weighted by molar-refractivity contribution is 5.90. The molecule has 0 radical (unpaired) electrons. The van der Waals surface area contributed by atoms with Crippen LogP contribution >= 0.6 is 0 Å². The van der Waals surface area contributed by atoms with E-state index >= 15 is 0 Å². The van der Waals surface area contributed by atoms with Gasteiger partial charge < -0.3 is 10.2 Å². The Labute approximate surface area is 133 Å². The number of hydrogen-bond acceptors (Lipinski definition) is 2. The van der Waals surface area contributed by atoms with Gasteiger partial charge in [-0.2, -0.15) is 0 Å². The van der Waals surface area contributed by atoms with Crippen molar-refractivity contribution in [3.05, 3.63) is 71.5 Å². The first-order valence-corrected chi connectivity index (χ1v) is 7.52. The molecule has 2 aromatic rings. The van der Waals surface area contributed by atoms with Gasteiger partial charge in [-0.1, -0.05) is 48.5 Å². The first kappa shape index (κ1) is 15.2. The normalized spacial score (nSPS) is 17.7. The molecule has 118 valence electrons. The molecule has 0 saturated carbocycles. The first-order valence-electron chi connectivity index (χ1n) is 7.52. The van der Waals surface area contributed by atoms with Crippen LogP contribution in [0.2, 0.25) is 0 Å². The summed E-state index contributed by atoms with van der Waals surface area (Å²) in [5, 5.41) is 2.78. The Morgan fingerprint density at radius 3 is 2.57 bits per heavy atom. The minimum absolute atomic E-state index is 0.0523. The lowest BCUT2D eigenvalue weighted by molar-refractivity contribution is -0.143. The molecule has 1 saturated heterocycles. The number of benzene rings is 2. The maximum Gasteiger partial charge on any atom is 0.247 e. The van der Waals surface area contributed by atoms with Crippen LogP contribution in [0.3, 0.4) is 0 Å². The van der Waals surface area contributed by atoms with E-state index in [4.69, 9.17) is 0 Å². The lowest BCUT2D eigenvalue weighted by Gasteiger charge is -2.35. The zero-order valence-corrected chi connectivity index (χ0v) is 12.5. The molecule has 0 aromatic heterocycles. The van der Waals surface area contributed by atoms with Crippen LogP contribution in [-0.2, 0) is 16.0 Å². The topological polar surface area (TPSA) is 49.4 Å². The summed E-state index contributed by atoms with van der Waals surface area (Å²) in [7, 11) is 0. The average Bonchev–Trinajstić information content (AvgIpc) is 2.57. The molecule has 1 N–H and O–H groups in total. The second-order valence-electron chi connectivity index (χ2n) is 5.46. The van der Waals surface area contributed by atoms with Crippen molar-refractivity contribution in [2.75, 3.05) is 13.1 Å². The zero-order chi connectivity index (χ0) is 16.2. The van der Waals surface area contributed by atoms with Gasteiger partial charge >= 0.3 is 0 Å². The Bertz CT molecular complexity index is 718. The summed E-state index contributed by atoms with van der Waals surface area (Å²) in [5.74, 6) is -0.860. The molecule has 1 unspecified atom stereocenters. The van der Waals surface area contributed by atoms with Crippen molar-refractivity contribution >= 4 is 11.8 Å². The molecule has 1 heterocycles. The standard InChI is InChI=1S/C18H17FN2O2/c19-15-9-5-4-8-14(15)12-16(22)21-11-10-20-18(23)17(21)13-6-2-1-3-7-13/h1-9,17H,10-12H2,(H,20,23). The van der Waals surface area contributed by atoms with Crippen LogP contribution in [0, 0.1) is 5.82 Å². The summed E-state index contributed by atoms with van der Waals surface area (Å²) in [5.41, 5.74) is 1.10. The van der Waals surface area contributed by atoms with E-state index in [1.807, 2.05) is 30.3 Å². The molecule has 4 nitrogen and oxygen atoms in total. The third-order valence-corrected chi connectivity index (χ3v) is 3.95. The van der Waals surface area contributed by atoms with Gasteiger partial charge in [0.05, 0.1) is 6.42 Å². The second kappa shape index (κ2) is 6.60. The van der Waals surface area contributed by atoms with Crippen LogP contribution in [0.4, 0.5) is 4.39 Å². The van der Waals surface area contributed by atoms with E-state index in [1.54, 1.807) is 18.2 Å². The highest BCUT2D eigenvalue weighted by atomic mass is 19.1. The molecule has 23 heavy (non-hydrogen) atoms. The molecule has 5 heteroatoms. The predicted octanol–water partition coefficient (Wildman–Crippen LogP) is 2.07. The van der Waals surface area contributed by atoms with Gasteiger partial charge in [-0.3, -0.25) is 9.59 Å². The van der Waals surface area contributed by atoms with Crippen LogP contribution < -0.4 is 5.32 Å². The third kappa shape index (κ3) is 3.23. The fourth-order valence-electron chi connectivity index (χ4n) is 2.81. The number of rotatable bonds is 3. The minimum Gasteiger partial charge on any atom is -0.352 e. The van der Waals surface area contributed by atoms with Crippen molar-refractivity contribution < 1.29 is 14.0 Å². The highest BCUT2D eigenvalue weighted by Gasteiger charge is 2.34. The Balaban J connectivity index is 1.85. The van der Waals surface area contributed by atoms with Crippen LogP contribution in [0.15, 0.2) is 54.6 Å². The van der Waals surface area contributed by atoms with Crippen molar-refractivity contribution in [1.29, 1.82) is 0 Å². The smallest absolute Gasteiger partial charge is 0.247 e. The van der Waals surface area contributed by atoms with Gasteiger partial charge in [0, 0.05) is 13.1 Å². The number of amides is 2. The molecule has 1 aliphatic rings.